The smallest absolute Gasteiger partial charge is 0.0752 e. The molecular formula is C11H25NO. The third-order valence-electron chi connectivity index (χ3n) is 2.49. The van der Waals surface area contributed by atoms with Crippen LogP contribution in [0.5, 0.6) is 0 Å². The molecule has 0 aromatic heterocycles. The molecule has 2 heteroatoms. The predicted molar refractivity (Wildman–Crippen MR) is 57.8 cm³/mol. The van der Waals surface area contributed by atoms with E-state index in [1.807, 2.05) is 0 Å². The zero-order chi connectivity index (χ0) is 10.7. The molecule has 0 aromatic carbocycles. The quantitative estimate of drug-likeness (QED) is 0.734. The van der Waals surface area contributed by atoms with Crippen LogP contribution in [0, 0.1) is 5.41 Å². The first kappa shape index (κ1) is 12.9. The van der Waals surface area contributed by atoms with Crippen LogP contribution in [0.3, 0.4) is 0 Å². The molecule has 0 spiro atoms. The molecule has 2 N–H and O–H groups in total. The SMILES string of the molecule is CCC(C)(C)OC(CN)C(C)(C)C. The van der Waals surface area contributed by atoms with Crippen LogP contribution in [0.1, 0.15) is 48.0 Å². The highest BCUT2D eigenvalue weighted by Crippen LogP contribution is 2.27. The van der Waals surface area contributed by atoms with Gasteiger partial charge in [-0.1, -0.05) is 27.7 Å². The summed E-state index contributed by atoms with van der Waals surface area (Å²) in [4.78, 5) is 0. The zero-order valence-electron chi connectivity index (χ0n) is 9.98. The fourth-order valence-electron chi connectivity index (χ4n) is 1.05. The van der Waals surface area contributed by atoms with E-state index in [1.54, 1.807) is 0 Å². The lowest BCUT2D eigenvalue weighted by molar-refractivity contribution is -0.110. The molecule has 0 aromatic rings. The second kappa shape index (κ2) is 4.43. The number of rotatable bonds is 4. The Morgan fingerprint density at radius 3 is 1.85 bits per heavy atom. The summed E-state index contributed by atoms with van der Waals surface area (Å²) in [5.41, 5.74) is 5.76. The molecule has 80 valence electrons. The molecule has 0 aliphatic carbocycles. The second-order valence-corrected chi connectivity index (χ2v) is 5.32. The molecule has 0 saturated carbocycles. The van der Waals surface area contributed by atoms with Crippen LogP contribution in [0.15, 0.2) is 0 Å². The van der Waals surface area contributed by atoms with Crippen molar-refractivity contribution in [2.45, 2.75) is 59.7 Å². The van der Waals surface area contributed by atoms with Gasteiger partial charge in [-0.3, -0.25) is 0 Å². The fourth-order valence-corrected chi connectivity index (χ4v) is 1.05. The first-order chi connectivity index (χ1) is 5.73. The topological polar surface area (TPSA) is 35.2 Å². The Hall–Kier alpha value is -0.0800. The Bertz CT molecular complexity index is 147. The van der Waals surface area contributed by atoms with Crippen molar-refractivity contribution in [1.29, 1.82) is 0 Å². The summed E-state index contributed by atoms with van der Waals surface area (Å²) in [7, 11) is 0. The number of hydrogen-bond acceptors (Lipinski definition) is 2. The van der Waals surface area contributed by atoms with Gasteiger partial charge in [0.1, 0.15) is 0 Å². The van der Waals surface area contributed by atoms with Crippen molar-refractivity contribution < 1.29 is 4.74 Å². The first-order valence-electron chi connectivity index (χ1n) is 5.11. The van der Waals surface area contributed by atoms with E-state index in [-0.39, 0.29) is 17.1 Å². The van der Waals surface area contributed by atoms with Gasteiger partial charge in [0.25, 0.3) is 0 Å². The van der Waals surface area contributed by atoms with E-state index in [9.17, 15) is 0 Å². The van der Waals surface area contributed by atoms with Crippen LogP contribution in [-0.2, 0) is 4.74 Å². The van der Waals surface area contributed by atoms with Gasteiger partial charge in [-0.2, -0.15) is 0 Å². The molecule has 0 radical (unpaired) electrons. The highest BCUT2D eigenvalue weighted by molar-refractivity contribution is 4.79. The summed E-state index contributed by atoms with van der Waals surface area (Å²) in [6.45, 7) is 13.4. The first-order valence-corrected chi connectivity index (χ1v) is 5.11. The van der Waals surface area contributed by atoms with Crippen LogP contribution in [0.4, 0.5) is 0 Å². The van der Waals surface area contributed by atoms with E-state index in [1.165, 1.54) is 0 Å². The summed E-state index contributed by atoms with van der Waals surface area (Å²) in [5, 5.41) is 0. The van der Waals surface area contributed by atoms with Gasteiger partial charge in [0, 0.05) is 6.54 Å². The van der Waals surface area contributed by atoms with Crippen molar-refractivity contribution in [3.63, 3.8) is 0 Å². The Morgan fingerprint density at radius 1 is 1.15 bits per heavy atom. The molecule has 13 heavy (non-hydrogen) atoms. The van der Waals surface area contributed by atoms with E-state index >= 15 is 0 Å². The molecule has 0 rings (SSSR count). The van der Waals surface area contributed by atoms with Gasteiger partial charge >= 0.3 is 0 Å². The van der Waals surface area contributed by atoms with Crippen molar-refractivity contribution in [2.75, 3.05) is 6.54 Å². The van der Waals surface area contributed by atoms with Crippen LogP contribution in [0.2, 0.25) is 0 Å². The van der Waals surface area contributed by atoms with E-state index in [0.717, 1.165) is 6.42 Å². The zero-order valence-corrected chi connectivity index (χ0v) is 9.98. The summed E-state index contributed by atoms with van der Waals surface area (Å²) < 4.78 is 5.98. The van der Waals surface area contributed by atoms with E-state index in [4.69, 9.17) is 10.5 Å². The van der Waals surface area contributed by atoms with Gasteiger partial charge in [0.15, 0.2) is 0 Å². The van der Waals surface area contributed by atoms with Gasteiger partial charge < -0.3 is 10.5 Å². The maximum atomic E-state index is 5.98. The lowest BCUT2D eigenvalue weighted by atomic mass is 9.88. The van der Waals surface area contributed by atoms with Crippen molar-refractivity contribution in [3.05, 3.63) is 0 Å². The van der Waals surface area contributed by atoms with E-state index < -0.39 is 0 Å². The van der Waals surface area contributed by atoms with Gasteiger partial charge in [-0.25, -0.2) is 0 Å². The predicted octanol–water partition coefficient (Wildman–Crippen LogP) is 2.57. The summed E-state index contributed by atoms with van der Waals surface area (Å²) in [6.07, 6.45) is 1.15. The number of ether oxygens (including phenoxy) is 1. The van der Waals surface area contributed by atoms with Crippen LogP contribution in [0.25, 0.3) is 0 Å². The van der Waals surface area contributed by atoms with Gasteiger partial charge in [-0.05, 0) is 25.7 Å². The number of nitrogens with two attached hydrogens (primary N) is 1. The maximum Gasteiger partial charge on any atom is 0.0752 e. The molecule has 0 amide bonds. The largest absolute Gasteiger partial charge is 0.370 e. The fraction of sp³-hybridized carbons (Fsp3) is 1.00. The van der Waals surface area contributed by atoms with Crippen molar-refractivity contribution in [3.8, 4) is 0 Å². The Morgan fingerprint density at radius 2 is 1.62 bits per heavy atom. The highest BCUT2D eigenvalue weighted by atomic mass is 16.5. The molecule has 2 nitrogen and oxygen atoms in total. The molecule has 0 aliphatic rings. The Kier molecular flexibility index (Phi) is 4.40. The molecule has 1 unspecified atom stereocenters. The van der Waals surface area contributed by atoms with Gasteiger partial charge in [-0.15, -0.1) is 0 Å². The Labute approximate surface area is 82.8 Å². The number of hydrogen-bond donors (Lipinski definition) is 1. The summed E-state index contributed by atoms with van der Waals surface area (Å²) in [5.74, 6) is 0. The average Bonchev–Trinajstić information content (AvgIpc) is 1.98. The second-order valence-electron chi connectivity index (χ2n) is 5.32. The lowest BCUT2D eigenvalue weighted by Gasteiger charge is -2.36. The van der Waals surface area contributed by atoms with Crippen molar-refractivity contribution >= 4 is 0 Å². The minimum absolute atomic E-state index is 0.0582. The summed E-state index contributed by atoms with van der Waals surface area (Å²) in [6, 6.07) is 0. The van der Waals surface area contributed by atoms with Crippen molar-refractivity contribution in [1.82, 2.24) is 0 Å². The van der Waals surface area contributed by atoms with Crippen molar-refractivity contribution in [2.24, 2.45) is 11.1 Å². The molecule has 0 aliphatic heterocycles. The highest BCUT2D eigenvalue weighted by Gasteiger charge is 2.29. The molecule has 0 heterocycles. The molecule has 1 atom stereocenters. The third-order valence-corrected chi connectivity index (χ3v) is 2.49. The normalized spacial score (nSPS) is 15.9. The Balaban J connectivity index is 4.30. The average molecular weight is 187 g/mol. The minimum atomic E-state index is -0.0582. The molecular weight excluding hydrogens is 162 g/mol. The van der Waals surface area contributed by atoms with Crippen LogP contribution < -0.4 is 5.73 Å². The summed E-state index contributed by atoms with van der Waals surface area (Å²) >= 11 is 0. The standard InChI is InChI=1S/C11H25NO/c1-7-11(5,6)13-9(8-12)10(2,3)4/h9H,7-8,12H2,1-6H3. The van der Waals surface area contributed by atoms with Crippen LogP contribution >= 0.6 is 0 Å². The molecule has 0 saturated heterocycles. The van der Waals surface area contributed by atoms with Gasteiger partial charge in [0.05, 0.1) is 11.7 Å². The van der Waals surface area contributed by atoms with E-state index in [0.29, 0.717) is 6.54 Å². The lowest BCUT2D eigenvalue weighted by Crippen LogP contribution is -2.42. The van der Waals surface area contributed by atoms with Crippen LogP contribution in [-0.4, -0.2) is 18.2 Å². The monoisotopic (exact) mass is 187 g/mol. The van der Waals surface area contributed by atoms with Gasteiger partial charge in [0.2, 0.25) is 0 Å². The van der Waals surface area contributed by atoms with E-state index in [2.05, 4.69) is 41.5 Å². The molecule has 0 bridgehead atoms. The minimum Gasteiger partial charge on any atom is -0.370 e. The third kappa shape index (κ3) is 4.63. The maximum absolute atomic E-state index is 5.98. The molecule has 0 fully saturated rings.